The SMILES string of the molecule is O=NCC([OH2+])c1ccccc1. The van der Waals surface area contributed by atoms with Crippen molar-refractivity contribution < 1.29 is 5.11 Å². The molecular weight excluding hydrogens is 142 g/mol. The van der Waals surface area contributed by atoms with Crippen LogP contribution in [0.15, 0.2) is 35.5 Å². The number of benzene rings is 1. The first-order valence-corrected chi connectivity index (χ1v) is 3.40. The van der Waals surface area contributed by atoms with Crippen LogP contribution in [0.4, 0.5) is 0 Å². The van der Waals surface area contributed by atoms with Crippen LogP contribution in [0.1, 0.15) is 11.7 Å². The Kier molecular flexibility index (Phi) is 2.74. The predicted octanol–water partition coefficient (Wildman–Crippen LogP) is 1.22. The maximum absolute atomic E-state index is 9.82. The third-order valence-electron chi connectivity index (χ3n) is 1.46. The van der Waals surface area contributed by atoms with Gasteiger partial charge in [0.05, 0.1) is 0 Å². The van der Waals surface area contributed by atoms with Crippen molar-refractivity contribution in [1.82, 2.24) is 0 Å². The molecule has 0 aliphatic carbocycles. The molecule has 0 saturated heterocycles. The minimum atomic E-state index is -0.506. The number of hydrogen-bond donors (Lipinski definition) is 0. The topological polar surface area (TPSA) is 52.3 Å². The molecule has 0 amide bonds. The zero-order valence-corrected chi connectivity index (χ0v) is 6.03. The Labute approximate surface area is 64.7 Å². The van der Waals surface area contributed by atoms with Gasteiger partial charge in [-0.3, -0.25) is 0 Å². The van der Waals surface area contributed by atoms with Gasteiger partial charge in [-0.15, -0.1) is 0 Å². The lowest BCUT2D eigenvalue weighted by atomic mass is 10.1. The molecule has 0 aliphatic rings. The van der Waals surface area contributed by atoms with Crippen molar-refractivity contribution in [3.05, 3.63) is 40.8 Å². The average molecular weight is 152 g/mol. The number of hydrogen-bond acceptors (Lipinski definition) is 2. The van der Waals surface area contributed by atoms with Crippen molar-refractivity contribution in [2.24, 2.45) is 5.18 Å². The second-order valence-electron chi connectivity index (χ2n) is 2.27. The van der Waals surface area contributed by atoms with Gasteiger partial charge in [-0.2, -0.15) is 4.91 Å². The molecule has 3 nitrogen and oxygen atoms in total. The Bertz CT molecular complexity index is 223. The van der Waals surface area contributed by atoms with Gasteiger partial charge in [0, 0.05) is 5.56 Å². The van der Waals surface area contributed by atoms with Crippen LogP contribution in [0.3, 0.4) is 0 Å². The molecule has 11 heavy (non-hydrogen) atoms. The van der Waals surface area contributed by atoms with E-state index in [9.17, 15) is 4.91 Å². The maximum Gasteiger partial charge on any atom is 0.203 e. The lowest BCUT2D eigenvalue weighted by molar-refractivity contribution is 0.187. The molecule has 0 aromatic heterocycles. The summed E-state index contributed by atoms with van der Waals surface area (Å²) in [6, 6.07) is 9.22. The predicted molar refractivity (Wildman–Crippen MR) is 43.5 cm³/mol. The first kappa shape index (κ1) is 7.88. The molecule has 0 spiro atoms. The van der Waals surface area contributed by atoms with Crippen molar-refractivity contribution in [3.63, 3.8) is 0 Å². The summed E-state index contributed by atoms with van der Waals surface area (Å²) < 4.78 is 0. The number of rotatable bonds is 3. The molecule has 1 unspecified atom stereocenters. The van der Waals surface area contributed by atoms with Gasteiger partial charge < -0.3 is 5.11 Å². The van der Waals surface area contributed by atoms with E-state index < -0.39 is 6.10 Å². The minimum absolute atomic E-state index is 0.0318. The van der Waals surface area contributed by atoms with Gasteiger partial charge in [0.2, 0.25) is 6.10 Å². The second kappa shape index (κ2) is 3.83. The molecular formula is C8H10NO2+. The fourth-order valence-electron chi connectivity index (χ4n) is 0.865. The zero-order chi connectivity index (χ0) is 8.10. The van der Waals surface area contributed by atoms with E-state index in [2.05, 4.69) is 5.18 Å². The molecule has 0 fully saturated rings. The largest absolute Gasteiger partial charge is 0.438 e. The Hall–Kier alpha value is -1.22. The number of nitroso groups, excluding NO2 is 1. The van der Waals surface area contributed by atoms with Gasteiger partial charge in [-0.05, 0) is 0 Å². The van der Waals surface area contributed by atoms with E-state index in [0.29, 0.717) is 0 Å². The maximum atomic E-state index is 9.82. The van der Waals surface area contributed by atoms with Crippen LogP contribution in [0.2, 0.25) is 0 Å². The monoisotopic (exact) mass is 152 g/mol. The van der Waals surface area contributed by atoms with E-state index in [1.54, 1.807) is 0 Å². The van der Waals surface area contributed by atoms with E-state index in [4.69, 9.17) is 5.11 Å². The molecule has 0 bridgehead atoms. The number of nitrogens with zero attached hydrogens (tertiary/aromatic N) is 1. The normalized spacial score (nSPS) is 12.5. The highest BCUT2D eigenvalue weighted by molar-refractivity contribution is 5.17. The second-order valence-corrected chi connectivity index (χ2v) is 2.27. The van der Waals surface area contributed by atoms with Crippen molar-refractivity contribution in [3.8, 4) is 0 Å². The van der Waals surface area contributed by atoms with Gasteiger partial charge in [-0.25, -0.2) is 0 Å². The first-order valence-electron chi connectivity index (χ1n) is 3.40. The minimum Gasteiger partial charge on any atom is -0.438 e. The Morgan fingerprint density at radius 2 is 2.00 bits per heavy atom. The summed E-state index contributed by atoms with van der Waals surface area (Å²) in [5.74, 6) is 0. The molecule has 0 aliphatic heterocycles. The van der Waals surface area contributed by atoms with Crippen LogP contribution in [-0.4, -0.2) is 11.7 Å². The van der Waals surface area contributed by atoms with E-state index in [1.807, 2.05) is 30.3 Å². The summed E-state index contributed by atoms with van der Waals surface area (Å²) in [4.78, 5) is 9.82. The standard InChI is InChI=1S/C8H9NO2/c10-8(6-9-11)7-4-2-1-3-5-7/h1-5,8,10H,6H2/p+1. The van der Waals surface area contributed by atoms with Crippen LogP contribution >= 0.6 is 0 Å². The third kappa shape index (κ3) is 2.13. The van der Waals surface area contributed by atoms with Crippen molar-refractivity contribution >= 4 is 0 Å². The third-order valence-corrected chi connectivity index (χ3v) is 1.46. The molecule has 3 heteroatoms. The highest BCUT2D eigenvalue weighted by atomic mass is 16.3. The summed E-state index contributed by atoms with van der Waals surface area (Å²) in [5, 5.41) is 10.1. The van der Waals surface area contributed by atoms with E-state index in [1.165, 1.54) is 0 Å². The first-order chi connectivity index (χ1) is 5.34. The van der Waals surface area contributed by atoms with Gasteiger partial charge in [0.15, 0.2) is 6.54 Å². The van der Waals surface area contributed by atoms with Crippen molar-refractivity contribution in [2.75, 3.05) is 6.54 Å². The lowest BCUT2D eigenvalue weighted by Crippen LogP contribution is -1.99. The molecule has 1 atom stereocenters. The van der Waals surface area contributed by atoms with Gasteiger partial charge in [0.1, 0.15) is 0 Å². The average Bonchev–Trinajstić information content (AvgIpc) is 2.07. The van der Waals surface area contributed by atoms with Crippen LogP contribution in [0.25, 0.3) is 0 Å². The van der Waals surface area contributed by atoms with E-state index in [-0.39, 0.29) is 6.54 Å². The van der Waals surface area contributed by atoms with Gasteiger partial charge in [0.25, 0.3) is 0 Å². The molecule has 0 saturated carbocycles. The van der Waals surface area contributed by atoms with Crippen LogP contribution in [0.5, 0.6) is 0 Å². The fraction of sp³-hybridized carbons (Fsp3) is 0.250. The van der Waals surface area contributed by atoms with Gasteiger partial charge in [-0.1, -0.05) is 35.5 Å². The molecule has 1 rings (SSSR count). The Balaban J connectivity index is 2.68. The van der Waals surface area contributed by atoms with Crippen LogP contribution < -0.4 is 0 Å². The lowest BCUT2D eigenvalue weighted by Gasteiger charge is -2.00. The van der Waals surface area contributed by atoms with E-state index in [0.717, 1.165) is 5.56 Å². The quantitative estimate of drug-likeness (QED) is 0.474. The summed E-state index contributed by atoms with van der Waals surface area (Å²) in [5.41, 5.74) is 0.840. The molecule has 2 N–H and O–H groups in total. The fourth-order valence-corrected chi connectivity index (χ4v) is 0.865. The Morgan fingerprint density at radius 3 is 2.55 bits per heavy atom. The van der Waals surface area contributed by atoms with E-state index >= 15 is 0 Å². The zero-order valence-electron chi connectivity index (χ0n) is 6.03. The molecule has 1 aromatic rings. The molecule has 1 aromatic carbocycles. The highest BCUT2D eigenvalue weighted by Crippen LogP contribution is 2.11. The molecule has 0 radical (unpaired) electrons. The smallest absolute Gasteiger partial charge is 0.203 e. The summed E-state index contributed by atoms with van der Waals surface area (Å²) in [7, 11) is 0. The van der Waals surface area contributed by atoms with Crippen LogP contribution in [-0.2, 0) is 0 Å². The van der Waals surface area contributed by atoms with Crippen LogP contribution in [0, 0.1) is 4.91 Å². The summed E-state index contributed by atoms with van der Waals surface area (Å²) >= 11 is 0. The summed E-state index contributed by atoms with van der Waals surface area (Å²) in [6.45, 7) is 0.0318. The highest BCUT2D eigenvalue weighted by Gasteiger charge is 2.09. The van der Waals surface area contributed by atoms with Gasteiger partial charge >= 0.3 is 0 Å². The Morgan fingerprint density at radius 1 is 1.36 bits per heavy atom. The van der Waals surface area contributed by atoms with Crippen molar-refractivity contribution in [2.45, 2.75) is 6.10 Å². The van der Waals surface area contributed by atoms with Crippen molar-refractivity contribution in [1.29, 1.82) is 0 Å². The summed E-state index contributed by atoms with van der Waals surface area (Å²) in [6.07, 6.45) is -0.506. The molecule has 58 valence electrons. The molecule has 0 heterocycles.